The molecule has 0 rings (SSSR count). The van der Waals surface area contributed by atoms with E-state index >= 15 is 0 Å². The number of carboxylic acid groups (broad SMARTS) is 1. The molecule has 6 nitrogen and oxygen atoms in total. The molecule has 0 aromatic heterocycles. The Morgan fingerprint density at radius 2 is 1.65 bits per heavy atom. The molecule has 1 N–H and O–H groups in total. The molecule has 0 fully saturated rings. The third kappa shape index (κ3) is 22.1. The van der Waals surface area contributed by atoms with Gasteiger partial charge in [-0.1, -0.05) is 64.0 Å². The fourth-order valence-corrected chi connectivity index (χ4v) is 3.11. The van der Waals surface area contributed by atoms with E-state index in [0.29, 0.717) is 12.8 Å². The van der Waals surface area contributed by atoms with E-state index < -0.39 is 22.5 Å². The second-order valence-electron chi connectivity index (χ2n) is 6.38. The van der Waals surface area contributed by atoms with Crippen LogP contribution in [0, 0.1) is 0 Å². The van der Waals surface area contributed by atoms with Gasteiger partial charge in [0.2, 0.25) is 10.4 Å². The molecule has 0 aliphatic heterocycles. The monoisotopic (exact) mass is 400 g/mol. The molecule has 0 saturated carbocycles. The maximum Gasteiger partial charge on any atom is 1.00 e. The first kappa shape index (κ1) is 28.3. The van der Waals surface area contributed by atoms with E-state index in [1.165, 1.54) is 0 Å². The summed E-state index contributed by atoms with van der Waals surface area (Å²) in [4.78, 5) is 10.4. The van der Waals surface area contributed by atoms with Gasteiger partial charge in [0.25, 0.3) is 0 Å². The van der Waals surface area contributed by atoms with Gasteiger partial charge in [0.1, 0.15) is 0 Å². The van der Waals surface area contributed by atoms with Gasteiger partial charge in [-0.15, -0.1) is 0 Å². The van der Waals surface area contributed by atoms with Gasteiger partial charge >= 0.3 is 35.5 Å². The molecule has 148 valence electrons. The summed E-state index contributed by atoms with van der Waals surface area (Å²) in [7, 11) is -4.66. The Morgan fingerprint density at radius 3 is 2.27 bits per heavy atom. The first-order chi connectivity index (χ1) is 11.8. The Bertz CT molecular complexity index is 464. The normalized spacial score (nSPS) is 12.8. The minimum absolute atomic E-state index is 0. The number of allylic oxidation sites excluding steroid dienone is 1. The van der Waals surface area contributed by atoms with Gasteiger partial charge in [0.15, 0.2) is 0 Å². The van der Waals surface area contributed by atoms with Gasteiger partial charge in [0, 0.05) is 6.42 Å². The minimum atomic E-state index is -4.66. The molecule has 0 saturated heterocycles. The van der Waals surface area contributed by atoms with E-state index in [4.69, 9.17) is 5.11 Å². The number of rotatable bonds is 17. The Balaban J connectivity index is 0. The molecular formula is C18H33NaO6S. The van der Waals surface area contributed by atoms with Crippen LogP contribution in [-0.4, -0.2) is 30.2 Å². The second kappa shape index (κ2) is 18.4. The fourth-order valence-electron chi connectivity index (χ4n) is 2.61. The van der Waals surface area contributed by atoms with Gasteiger partial charge in [-0.25, -0.2) is 8.42 Å². The fraction of sp³-hybridized carbons (Fsp3) is 0.833. The van der Waals surface area contributed by atoms with Gasteiger partial charge in [-0.2, -0.15) is 0 Å². The molecule has 1 atom stereocenters. The summed E-state index contributed by atoms with van der Waals surface area (Å²) >= 11 is 0. The number of aliphatic carboxylic acids is 1. The molecule has 0 aromatic rings. The van der Waals surface area contributed by atoms with Crippen LogP contribution >= 0.6 is 0 Å². The molecule has 8 heteroatoms. The molecule has 0 heterocycles. The summed E-state index contributed by atoms with van der Waals surface area (Å²) in [6.07, 6.45) is 14.3. The van der Waals surface area contributed by atoms with E-state index in [2.05, 4.69) is 11.1 Å². The third-order valence-electron chi connectivity index (χ3n) is 3.96. The van der Waals surface area contributed by atoms with Crippen LogP contribution in [0.2, 0.25) is 0 Å². The molecule has 0 radical (unpaired) electrons. The zero-order chi connectivity index (χ0) is 19.0. The number of hydrogen-bond donors (Lipinski definition) is 1. The summed E-state index contributed by atoms with van der Waals surface area (Å²) in [5.74, 6) is -0.741. The van der Waals surface area contributed by atoms with Crippen LogP contribution in [0.5, 0.6) is 0 Å². The Labute approximate surface area is 181 Å². The molecule has 26 heavy (non-hydrogen) atoms. The van der Waals surface area contributed by atoms with Crippen LogP contribution in [0.4, 0.5) is 0 Å². The predicted molar refractivity (Wildman–Crippen MR) is 97.0 cm³/mol. The molecule has 0 aromatic carbocycles. The summed E-state index contributed by atoms with van der Waals surface area (Å²) in [6.45, 7) is 2.10. The first-order valence-corrected chi connectivity index (χ1v) is 10.7. The summed E-state index contributed by atoms with van der Waals surface area (Å²) in [6, 6.07) is 0. The van der Waals surface area contributed by atoms with E-state index in [9.17, 15) is 17.8 Å². The largest absolute Gasteiger partial charge is 1.00 e. The molecule has 0 amide bonds. The number of hydrogen-bond acceptors (Lipinski definition) is 5. The quantitative estimate of drug-likeness (QED) is 0.131. The molecule has 0 bridgehead atoms. The zero-order valence-electron chi connectivity index (χ0n) is 16.3. The van der Waals surface area contributed by atoms with Crippen molar-refractivity contribution in [2.45, 2.75) is 96.5 Å². The minimum Gasteiger partial charge on any atom is -0.726 e. The number of unbranched alkanes of at least 4 members (excludes halogenated alkanes) is 8. The van der Waals surface area contributed by atoms with Crippen LogP contribution in [0.3, 0.4) is 0 Å². The van der Waals surface area contributed by atoms with Crippen molar-refractivity contribution in [1.29, 1.82) is 0 Å². The van der Waals surface area contributed by atoms with Crippen molar-refractivity contribution < 1.29 is 56.6 Å². The van der Waals surface area contributed by atoms with Crippen LogP contribution < -0.4 is 29.6 Å². The standard InChI is InChI=1S/C18H34O6S.Na/c1-2-3-4-11-14-17(24-25(21,22)23)15-12-9-7-5-6-8-10-13-16-18(19)20;/h9,12,17H,2-8,10-11,13-16H2,1H3,(H,19,20)(H,21,22,23);/q;+1/p-1/b12-9-;/t17-;/m1./s1. The van der Waals surface area contributed by atoms with Crippen molar-refractivity contribution in [1.82, 2.24) is 0 Å². The molecule has 0 aliphatic carbocycles. The topological polar surface area (TPSA) is 104 Å². The Morgan fingerprint density at radius 1 is 1.04 bits per heavy atom. The van der Waals surface area contributed by atoms with Crippen LogP contribution in [0.15, 0.2) is 12.2 Å². The van der Waals surface area contributed by atoms with Crippen molar-refractivity contribution in [3.05, 3.63) is 12.2 Å². The van der Waals surface area contributed by atoms with E-state index in [-0.39, 0.29) is 36.0 Å². The van der Waals surface area contributed by atoms with Crippen molar-refractivity contribution in [2.24, 2.45) is 0 Å². The zero-order valence-corrected chi connectivity index (χ0v) is 19.1. The molecular weight excluding hydrogens is 367 g/mol. The van der Waals surface area contributed by atoms with Crippen LogP contribution in [0.25, 0.3) is 0 Å². The van der Waals surface area contributed by atoms with Gasteiger partial charge in [-0.3, -0.25) is 8.98 Å². The van der Waals surface area contributed by atoms with Crippen LogP contribution in [0.1, 0.15) is 90.4 Å². The third-order valence-corrected chi connectivity index (χ3v) is 4.47. The number of carbonyl (C=O) groups is 1. The van der Waals surface area contributed by atoms with Gasteiger partial charge in [-0.05, 0) is 32.1 Å². The van der Waals surface area contributed by atoms with Crippen molar-refractivity contribution in [2.75, 3.05) is 0 Å². The predicted octanol–water partition coefficient (Wildman–Crippen LogP) is 1.57. The Hall–Kier alpha value is 0.0800. The second-order valence-corrected chi connectivity index (χ2v) is 7.39. The molecule has 0 spiro atoms. The maximum atomic E-state index is 10.8. The average Bonchev–Trinajstić information content (AvgIpc) is 2.51. The number of carboxylic acids is 1. The van der Waals surface area contributed by atoms with Gasteiger partial charge < -0.3 is 9.66 Å². The summed E-state index contributed by atoms with van der Waals surface area (Å²) in [5, 5.41) is 8.53. The van der Waals surface area contributed by atoms with Crippen LogP contribution in [-0.2, 0) is 19.4 Å². The summed E-state index contributed by atoms with van der Waals surface area (Å²) < 4.78 is 37.0. The van der Waals surface area contributed by atoms with Crippen molar-refractivity contribution >= 4 is 16.4 Å². The van der Waals surface area contributed by atoms with E-state index in [1.54, 1.807) is 0 Å². The summed E-state index contributed by atoms with van der Waals surface area (Å²) in [5.41, 5.74) is 0. The van der Waals surface area contributed by atoms with Crippen molar-refractivity contribution in [3.63, 3.8) is 0 Å². The van der Waals surface area contributed by atoms with Crippen molar-refractivity contribution in [3.8, 4) is 0 Å². The molecule has 0 unspecified atom stereocenters. The Kier molecular flexibility index (Phi) is 20.1. The molecule has 0 aliphatic rings. The smallest absolute Gasteiger partial charge is 0.726 e. The maximum absolute atomic E-state index is 10.8. The van der Waals surface area contributed by atoms with E-state index in [1.807, 2.05) is 12.2 Å². The average molecular weight is 401 g/mol. The van der Waals surface area contributed by atoms with Gasteiger partial charge in [0.05, 0.1) is 6.10 Å². The SMILES string of the molecule is CCCCCC[C@H](C/C=C\CCCCCCCC(=O)O)OS(=O)(=O)[O-].[Na+]. The van der Waals surface area contributed by atoms with E-state index in [0.717, 1.165) is 64.2 Å². The first-order valence-electron chi connectivity index (χ1n) is 9.36.